The Kier molecular flexibility index (Phi) is 12.1. The molecule has 3 aliphatic heterocycles. The average molecular weight is 946 g/mol. The zero-order valence-corrected chi connectivity index (χ0v) is 38.2. The Balaban J connectivity index is 0.927. The Bertz CT molecular complexity index is 3570. The van der Waals surface area contributed by atoms with Gasteiger partial charge in [-0.15, -0.1) is 0 Å². The van der Waals surface area contributed by atoms with Crippen LogP contribution in [-0.2, 0) is 16.1 Å². The first-order valence-corrected chi connectivity index (χ1v) is 22.1. The summed E-state index contributed by atoms with van der Waals surface area (Å²) < 4.78 is 20.6. The molecule has 9 rings (SSSR count). The third kappa shape index (κ3) is 8.65. The van der Waals surface area contributed by atoms with Crippen molar-refractivity contribution in [2.75, 3.05) is 39.6 Å². The normalized spacial score (nSPS) is 14.5. The Hall–Kier alpha value is -8.83. The molecule has 0 radical (unpaired) electrons. The summed E-state index contributed by atoms with van der Waals surface area (Å²) in [6.07, 6.45) is -0.825. The SMILES string of the molecule is CN(C)c1ccc2c(-c3ccc(C(=O)NCC4CCC(C(=O)NCc5c(O)ccc6c(-c7ccc(C(=O)O)cc7C(=O)O)c7ccc(=O)cc-7oc56)O4)cc3C(=O)O)c3ccc(=[N+](C)C)cc-3oc2c1. The van der Waals surface area contributed by atoms with Crippen molar-refractivity contribution in [3.8, 4) is 50.7 Å². The number of aromatic carboxylic acids is 3. The van der Waals surface area contributed by atoms with Gasteiger partial charge in [0, 0.05) is 83.1 Å². The Morgan fingerprint density at radius 1 is 0.671 bits per heavy atom. The lowest BCUT2D eigenvalue weighted by atomic mass is 9.89. The van der Waals surface area contributed by atoms with Crippen LogP contribution in [0.15, 0.2) is 117 Å². The van der Waals surface area contributed by atoms with E-state index in [2.05, 4.69) is 10.6 Å². The second kappa shape index (κ2) is 18.3. The van der Waals surface area contributed by atoms with Crippen molar-refractivity contribution >= 4 is 57.3 Å². The van der Waals surface area contributed by atoms with Crippen LogP contribution in [0.5, 0.6) is 5.75 Å². The molecule has 3 heterocycles. The molecule has 1 saturated heterocycles. The molecule has 4 aromatic carbocycles. The number of fused-ring (bicyclic) bond motifs is 4. The fraction of sp³-hybridized carbons (Fsp3) is 0.189. The van der Waals surface area contributed by atoms with Gasteiger partial charge in [-0.05, 0) is 90.7 Å². The number of nitrogens with one attached hydrogen (secondary N) is 2. The number of anilines is 1. The van der Waals surface area contributed by atoms with Crippen LogP contribution in [0.2, 0.25) is 0 Å². The number of nitrogens with zero attached hydrogens (tertiary/aromatic N) is 2. The second-order valence-corrected chi connectivity index (χ2v) is 17.4. The minimum atomic E-state index is -1.40. The molecule has 2 amide bonds. The van der Waals surface area contributed by atoms with Crippen molar-refractivity contribution in [3.63, 3.8) is 0 Å². The van der Waals surface area contributed by atoms with E-state index in [4.69, 9.17) is 13.6 Å². The molecule has 4 aromatic rings. The van der Waals surface area contributed by atoms with E-state index in [1.165, 1.54) is 48.5 Å². The summed E-state index contributed by atoms with van der Waals surface area (Å²) in [5, 5.41) is 48.8. The molecule has 0 saturated carbocycles. The standard InChI is InChI=1S/C53H44N4O13/c1-56(2)28-7-13-34-43(21-28)69-44-22-29(57(3)4)8-14-35(44)46(34)32-11-5-26(19-38(32)52(64)65)49(60)54-24-31-10-18-42(68-31)50(61)55-25-40-41(59)17-16-37-47(36-15-9-30(58)23-45(36)70-48(37)40)33-12-6-27(51(62)63)20-39(33)53(66)67/h5-9,11-17,19-23,31,42H,10,18,24-25H2,1-4H3,(H5-,54,55,58,59,60,61,62,63,64,65,66,67)/p+1. The largest absolute Gasteiger partial charge is 0.507 e. The van der Waals surface area contributed by atoms with Crippen molar-refractivity contribution in [2.24, 2.45) is 0 Å². The smallest absolute Gasteiger partial charge is 0.336 e. The summed E-state index contributed by atoms with van der Waals surface area (Å²) in [5.74, 6) is -4.70. The van der Waals surface area contributed by atoms with E-state index < -0.39 is 47.4 Å². The quantitative estimate of drug-likeness (QED) is 0.0560. The van der Waals surface area contributed by atoms with Crippen LogP contribution in [0.3, 0.4) is 0 Å². The second-order valence-electron chi connectivity index (χ2n) is 17.4. The van der Waals surface area contributed by atoms with Gasteiger partial charge in [0.25, 0.3) is 5.91 Å². The highest BCUT2D eigenvalue weighted by atomic mass is 16.5. The maximum Gasteiger partial charge on any atom is 0.336 e. The van der Waals surface area contributed by atoms with Gasteiger partial charge in [0.1, 0.15) is 48.6 Å². The number of ether oxygens (including phenoxy) is 1. The molecule has 354 valence electrons. The van der Waals surface area contributed by atoms with Crippen LogP contribution >= 0.6 is 0 Å². The van der Waals surface area contributed by atoms with Crippen LogP contribution in [-0.4, -0.2) is 97.1 Å². The van der Waals surface area contributed by atoms with Crippen molar-refractivity contribution in [2.45, 2.75) is 31.6 Å². The van der Waals surface area contributed by atoms with Crippen molar-refractivity contribution < 1.29 is 58.0 Å². The summed E-state index contributed by atoms with van der Waals surface area (Å²) in [6, 6.07) is 26.4. The number of benzene rings is 6. The minimum Gasteiger partial charge on any atom is -0.507 e. The predicted molar refractivity (Wildman–Crippen MR) is 259 cm³/mol. The molecule has 5 aliphatic rings. The van der Waals surface area contributed by atoms with Gasteiger partial charge in [-0.2, -0.15) is 0 Å². The Morgan fingerprint density at radius 2 is 1.30 bits per heavy atom. The average Bonchev–Trinajstić information content (AvgIpc) is 3.82. The highest BCUT2D eigenvalue weighted by Crippen LogP contribution is 2.45. The molecule has 1 fully saturated rings. The number of hydrogen-bond donors (Lipinski definition) is 6. The van der Waals surface area contributed by atoms with Crippen molar-refractivity contribution in [1.82, 2.24) is 15.2 Å². The van der Waals surface area contributed by atoms with Crippen LogP contribution < -0.4 is 30.9 Å². The molecule has 17 nitrogen and oxygen atoms in total. The summed E-state index contributed by atoms with van der Waals surface area (Å²) in [5.41, 5.74) is 3.12. The van der Waals surface area contributed by atoms with Gasteiger partial charge in [-0.1, -0.05) is 12.1 Å². The van der Waals surface area contributed by atoms with E-state index in [0.29, 0.717) is 62.8 Å². The third-order valence-corrected chi connectivity index (χ3v) is 12.5. The van der Waals surface area contributed by atoms with Gasteiger partial charge in [0.2, 0.25) is 11.3 Å². The highest BCUT2D eigenvalue weighted by Gasteiger charge is 2.32. The van der Waals surface area contributed by atoms with Crippen LogP contribution in [0.1, 0.15) is 59.8 Å². The van der Waals surface area contributed by atoms with Gasteiger partial charge in [-0.25, -0.2) is 19.0 Å². The summed E-state index contributed by atoms with van der Waals surface area (Å²) in [4.78, 5) is 78.8. The lowest BCUT2D eigenvalue weighted by Gasteiger charge is -2.19. The van der Waals surface area contributed by atoms with Gasteiger partial charge in [0.15, 0.2) is 5.43 Å². The van der Waals surface area contributed by atoms with E-state index in [0.717, 1.165) is 17.1 Å². The van der Waals surface area contributed by atoms with Crippen LogP contribution in [0, 0.1) is 0 Å². The number of carboxylic acids is 3. The lowest BCUT2D eigenvalue weighted by molar-refractivity contribution is -0.132. The first-order chi connectivity index (χ1) is 33.5. The molecule has 2 unspecified atom stereocenters. The number of phenolic OH excluding ortho intramolecular Hbond substituents is 1. The maximum atomic E-state index is 13.6. The molecule has 0 spiro atoms. The van der Waals surface area contributed by atoms with E-state index in [1.807, 2.05) is 74.1 Å². The first kappa shape index (κ1) is 46.3. The maximum absolute atomic E-state index is 13.6. The molecule has 2 atom stereocenters. The zero-order valence-electron chi connectivity index (χ0n) is 38.2. The zero-order chi connectivity index (χ0) is 49.7. The molecule has 0 aromatic heterocycles. The van der Waals surface area contributed by atoms with E-state index in [9.17, 15) is 49.2 Å². The molecule has 17 heteroatoms. The highest BCUT2D eigenvalue weighted by molar-refractivity contribution is 6.11. The van der Waals surface area contributed by atoms with Gasteiger partial charge in [-0.3, -0.25) is 14.4 Å². The van der Waals surface area contributed by atoms with E-state index >= 15 is 0 Å². The van der Waals surface area contributed by atoms with Gasteiger partial charge in [0.05, 0.1) is 41.0 Å². The van der Waals surface area contributed by atoms with E-state index in [1.54, 1.807) is 12.1 Å². The summed E-state index contributed by atoms with van der Waals surface area (Å²) in [6.45, 7) is -0.269. The fourth-order valence-electron chi connectivity index (χ4n) is 8.95. The van der Waals surface area contributed by atoms with Gasteiger partial charge < -0.3 is 49.5 Å². The Labute approximate surface area is 397 Å². The van der Waals surface area contributed by atoms with E-state index in [-0.39, 0.29) is 63.6 Å². The molecule has 2 aliphatic carbocycles. The number of carboxylic acid groups (broad SMARTS) is 3. The van der Waals surface area contributed by atoms with Gasteiger partial charge >= 0.3 is 17.9 Å². The number of phenols is 1. The third-order valence-electron chi connectivity index (χ3n) is 12.5. The number of carbonyl (C=O) groups excluding carboxylic acids is 2. The molecule has 6 N–H and O–H groups in total. The topological polar surface area (TPSA) is 249 Å². The molecule has 0 bridgehead atoms. The van der Waals surface area contributed by atoms with Crippen LogP contribution in [0.4, 0.5) is 5.69 Å². The minimum absolute atomic E-state index is 0.0109. The number of amides is 2. The monoisotopic (exact) mass is 945 g/mol. The Morgan fingerprint density at radius 3 is 1.97 bits per heavy atom. The van der Waals surface area contributed by atoms with Crippen molar-refractivity contribution in [1.29, 1.82) is 0 Å². The molecular weight excluding hydrogens is 901 g/mol. The molecular formula is C53H45N4O13+. The fourth-order valence-corrected chi connectivity index (χ4v) is 8.95. The summed E-state index contributed by atoms with van der Waals surface area (Å²) in [7, 11) is 7.65. The number of aromatic hydroxyl groups is 1. The molecule has 70 heavy (non-hydrogen) atoms. The number of rotatable bonds is 12. The number of carbonyl (C=O) groups is 5. The lowest BCUT2D eigenvalue weighted by Crippen LogP contribution is -2.36. The summed E-state index contributed by atoms with van der Waals surface area (Å²) >= 11 is 0. The predicted octanol–water partition coefficient (Wildman–Crippen LogP) is 6.57. The van der Waals surface area contributed by atoms with Crippen molar-refractivity contribution in [3.05, 3.63) is 147 Å². The van der Waals surface area contributed by atoms with Crippen LogP contribution in [0.25, 0.3) is 66.8 Å². The number of hydrogen-bond acceptors (Lipinski definition) is 11. The first-order valence-electron chi connectivity index (χ1n) is 22.1.